The zero-order chi connectivity index (χ0) is 12.5. The lowest BCUT2D eigenvalue weighted by atomic mass is 10.1. The van der Waals surface area contributed by atoms with Crippen molar-refractivity contribution in [2.75, 3.05) is 6.61 Å². The van der Waals surface area contributed by atoms with Gasteiger partial charge in [0.2, 0.25) is 0 Å². The van der Waals surface area contributed by atoms with E-state index in [-0.39, 0.29) is 6.10 Å². The number of hydrogen-bond donors (Lipinski definition) is 0. The second kappa shape index (κ2) is 4.58. The molecule has 1 nitrogen and oxygen atoms in total. The minimum Gasteiger partial charge on any atom is -0.368 e. The third-order valence-corrected chi connectivity index (χ3v) is 3.37. The molecule has 0 amide bonds. The van der Waals surface area contributed by atoms with Crippen LogP contribution in [0.3, 0.4) is 0 Å². The maximum Gasteiger partial charge on any atom is 0.109 e. The summed E-state index contributed by atoms with van der Waals surface area (Å²) in [5, 5.41) is 0. The van der Waals surface area contributed by atoms with Gasteiger partial charge in [-0.3, -0.25) is 0 Å². The van der Waals surface area contributed by atoms with E-state index in [1.165, 1.54) is 22.3 Å². The zero-order valence-corrected chi connectivity index (χ0v) is 10.9. The molecule has 0 spiro atoms. The van der Waals surface area contributed by atoms with E-state index in [9.17, 15) is 0 Å². The summed E-state index contributed by atoms with van der Waals surface area (Å²) in [6, 6.07) is 17.1. The largest absolute Gasteiger partial charge is 0.368 e. The van der Waals surface area contributed by atoms with Crippen molar-refractivity contribution < 1.29 is 4.74 Å². The van der Waals surface area contributed by atoms with Crippen molar-refractivity contribution in [2.24, 2.45) is 5.92 Å². The highest BCUT2D eigenvalue weighted by molar-refractivity contribution is 5.77. The van der Waals surface area contributed by atoms with E-state index in [1.807, 2.05) is 0 Å². The Hall–Kier alpha value is -1.60. The van der Waals surface area contributed by atoms with E-state index in [0.29, 0.717) is 5.92 Å². The zero-order valence-electron chi connectivity index (χ0n) is 10.9. The topological polar surface area (TPSA) is 9.23 Å². The lowest BCUT2D eigenvalue weighted by Crippen LogP contribution is -2.08. The predicted molar refractivity (Wildman–Crippen MR) is 74.5 cm³/mol. The first-order chi connectivity index (χ1) is 8.77. The molecular formula is C17H18O. The normalized spacial score (nSPS) is 13.7. The second-order valence-corrected chi connectivity index (χ2v) is 5.28. The second-order valence-electron chi connectivity index (χ2n) is 5.28. The molecule has 1 aliphatic carbocycles. The molecule has 0 radical (unpaired) electrons. The molecular weight excluding hydrogens is 220 g/mol. The number of rotatable bonds is 3. The van der Waals surface area contributed by atoms with Gasteiger partial charge in [-0.05, 0) is 28.2 Å². The summed E-state index contributed by atoms with van der Waals surface area (Å²) in [5.74, 6) is 0.560. The van der Waals surface area contributed by atoms with Gasteiger partial charge in [0.05, 0.1) is 6.61 Å². The van der Waals surface area contributed by atoms with E-state index in [2.05, 4.69) is 62.4 Å². The van der Waals surface area contributed by atoms with Gasteiger partial charge in [-0.2, -0.15) is 0 Å². The molecule has 2 aromatic rings. The first kappa shape index (κ1) is 11.5. The number of benzene rings is 2. The van der Waals surface area contributed by atoms with Crippen molar-refractivity contribution in [3.05, 3.63) is 59.7 Å². The fourth-order valence-corrected chi connectivity index (χ4v) is 2.58. The highest BCUT2D eigenvalue weighted by atomic mass is 16.5. The van der Waals surface area contributed by atoms with E-state index < -0.39 is 0 Å². The Labute approximate surface area is 108 Å². The van der Waals surface area contributed by atoms with Crippen LogP contribution in [0, 0.1) is 5.92 Å². The Morgan fingerprint density at radius 1 is 0.889 bits per heavy atom. The van der Waals surface area contributed by atoms with Gasteiger partial charge < -0.3 is 4.74 Å². The quantitative estimate of drug-likeness (QED) is 0.768. The first-order valence-corrected chi connectivity index (χ1v) is 6.57. The molecule has 0 heterocycles. The minimum atomic E-state index is 0.111. The molecule has 92 valence electrons. The summed E-state index contributed by atoms with van der Waals surface area (Å²) in [5.41, 5.74) is 5.25. The predicted octanol–water partition coefficient (Wildman–Crippen LogP) is 4.43. The third-order valence-electron chi connectivity index (χ3n) is 3.37. The molecule has 1 heteroatoms. The maximum absolute atomic E-state index is 6.12. The molecule has 0 atom stereocenters. The molecule has 0 saturated heterocycles. The molecule has 0 saturated carbocycles. The van der Waals surface area contributed by atoms with Crippen LogP contribution in [-0.2, 0) is 4.74 Å². The SMILES string of the molecule is CC(C)COC1c2ccccc2-c2ccccc21. The third kappa shape index (κ3) is 1.85. The summed E-state index contributed by atoms with van der Waals surface area (Å²) in [6.45, 7) is 5.17. The van der Waals surface area contributed by atoms with Crippen LogP contribution >= 0.6 is 0 Å². The van der Waals surface area contributed by atoms with E-state index in [0.717, 1.165) is 6.61 Å². The Morgan fingerprint density at radius 3 is 1.89 bits per heavy atom. The monoisotopic (exact) mass is 238 g/mol. The molecule has 0 fully saturated rings. The highest BCUT2D eigenvalue weighted by Crippen LogP contribution is 2.45. The summed E-state index contributed by atoms with van der Waals surface area (Å²) in [6.07, 6.45) is 0.111. The van der Waals surface area contributed by atoms with Gasteiger partial charge in [0, 0.05) is 0 Å². The van der Waals surface area contributed by atoms with Crippen LogP contribution in [0.25, 0.3) is 11.1 Å². The van der Waals surface area contributed by atoms with Gasteiger partial charge in [-0.15, -0.1) is 0 Å². The number of fused-ring (bicyclic) bond motifs is 3. The average molecular weight is 238 g/mol. The summed E-state index contributed by atoms with van der Waals surface area (Å²) < 4.78 is 6.12. The summed E-state index contributed by atoms with van der Waals surface area (Å²) >= 11 is 0. The van der Waals surface area contributed by atoms with Gasteiger partial charge in [-0.25, -0.2) is 0 Å². The minimum absolute atomic E-state index is 0.111. The van der Waals surface area contributed by atoms with E-state index in [1.54, 1.807) is 0 Å². The molecule has 0 aromatic heterocycles. The average Bonchev–Trinajstić information content (AvgIpc) is 2.71. The Morgan fingerprint density at radius 2 is 1.39 bits per heavy atom. The van der Waals surface area contributed by atoms with Crippen molar-refractivity contribution in [2.45, 2.75) is 20.0 Å². The molecule has 0 N–H and O–H groups in total. The molecule has 18 heavy (non-hydrogen) atoms. The van der Waals surface area contributed by atoms with Gasteiger partial charge in [0.1, 0.15) is 6.10 Å². The smallest absolute Gasteiger partial charge is 0.109 e. The van der Waals surface area contributed by atoms with Crippen LogP contribution in [0.5, 0.6) is 0 Å². The van der Waals surface area contributed by atoms with Crippen LogP contribution < -0.4 is 0 Å². The molecule has 3 rings (SSSR count). The summed E-state index contributed by atoms with van der Waals surface area (Å²) in [4.78, 5) is 0. The van der Waals surface area contributed by atoms with Crippen LogP contribution in [0.2, 0.25) is 0 Å². The van der Waals surface area contributed by atoms with Crippen molar-refractivity contribution in [1.29, 1.82) is 0 Å². The van der Waals surface area contributed by atoms with Crippen molar-refractivity contribution in [1.82, 2.24) is 0 Å². The van der Waals surface area contributed by atoms with Crippen LogP contribution in [0.1, 0.15) is 31.1 Å². The fourth-order valence-electron chi connectivity index (χ4n) is 2.58. The highest BCUT2D eigenvalue weighted by Gasteiger charge is 2.28. The van der Waals surface area contributed by atoms with Crippen molar-refractivity contribution in [3.8, 4) is 11.1 Å². The Bertz CT molecular complexity index is 512. The van der Waals surface area contributed by atoms with E-state index >= 15 is 0 Å². The maximum atomic E-state index is 6.12. The van der Waals surface area contributed by atoms with Crippen molar-refractivity contribution >= 4 is 0 Å². The molecule has 2 aromatic carbocycles. The standard InChI is InChI=1S/C17H18O/c1-12(2)11-18-17-15-9-5-3-7-13(15)14-8-4-6-10-16(14)17/h3-10,12,17H,11H2,1-2H3. The first-order valence-electron chi connectivity index (χ1n) is 6.57. The Kier molecular flexibility index (Phi) is 2.92. The Balaban J connectivity index is 2.03. The van der Waals surface area contributed by atoms with Crippen LogP contribution in [0.4, 0.5) is 0 Å². The molecule has 0 unspecified atom stereocenters. The molecule has 0 aliphatic heterocycles. The van der Waals surface area contributed by atoms with Gasteiger partial charge >= 0.3 is 0 Å². The number of ether oxygens (including phenoxy) is 1. The van der Waals surface area contributed by atoms with Crippen molar-refractivity contribution in [3.63, 3.8) is 0 Å². The van der Waals surface area contributed by atoms with Gasteiger partial charge in [0.25, 0.3) is 0 Å². The van der Waals surface area contributed by atoms with Gasteiger partial charge in [0.15, 0.2) is 0 Å². The van der Waals surface area contributed by atoms with E-state index in [4.69, 9.17) is 4.74 Å². The lowest BCUT2D eigenvalue weighted by Gasteiger charge is -2.16. The van der Waals surface area contributed by atoms with Gasteiger partial charge in [-0.1, -0.05) is 62.4 Å². The van der Waals surface area contributed by atoms with Crippen LogP contribution in [0.15, 0.2) is 48.5 Å². The summed E-state index contributed by atoms with van der Waals surface area (Å²) in [7, 11) is 0. The van der Waals surface area contributed by atoms with Crippen LogP contribution in [-0.4, -0.2) is 6.61 Å². The molecule has 0 bridgehead atoms. The number of hydrogen-bond acceptors (Lipinski definition) is 1. The molecule has 1 aliphatic rings. The lowest BCUT2D eigenvalue weighted by molar-refractivity contribution is 0.0628. The fraction of sp³-hybridized carbons (Fsp3) is 0.294.